The summed E-state index contributed by atoms with van der Waals surface area (Å²) in [6.45, 7) is 0.513. The molecule has 1 saturated heterocycles. The molecule has 1 aliphatic rings. The van der Waals surface area contributed by atoms with Crippen LogP contribution in [0, 0.1) is 0 Å². The first kappa shape index (κ1) is 24.9. The first-order valence-electron chi connectivity index (χ1n) is 11.7. The molecule has 8 nitrogen and oxygen atoms in total. The molecule has 4 rings (SSSR count). The molecule has 0 saturated carbocycles. The van der Waals surface area contributed by atoms with Gasteiger partial charge in [0.2, 0.25) is 5.91 Å². The molecule has 36 heavy (non-hydrogen) atoms. The van der Waals surface area contributed by atoms with Gasteiger partial charge in [0.15, 0.2) is 0 Å². The maximum atomic E-state index is 13.6. The third-order valence-electron chi connectivity index (χ3n) is 6.16. The second-order valence-electron chi connectivity index (χ2n) is 8.36. The molecule has 0 radical (unpaired) electrons. The molecule has 3 aromatic rings. The second kappa shape index (κ2) is 11.5. The highest BCUT2D eigenvalue weighted by Crippen LogP contribution is 2.29. The van der Waals surface area contributed by atoms with Crippen molar-refractivity contribution < 1.29 is 28.5 Å². The molecule has 1 heterocycles. The molecule has 0 aromatic heterocycles. The fourth-order valence-electron chi connectivity index (χ4n) is 4.32. The van der Waals surface area contributed by atoms with Crippen LogP contribution in [-0.2, 0) is 11.3 Å². The van der Waals surface area contributed by atoms with Gasteiger partial charge in [0.05, 0.1) is 33.4 Å². The number of nitrogens with one attached hydrogen (secondary N) is 1. The zero-order valence-electron chi connectivity index (χ0n) is 20.6. The van der Waals surface area contributed by atoms with Crippen LogP contribution in [0.15, 0.2) is 72.8 Å². The number of rotatable bonds is 9. The molecule has 1 aliphatic heterocycles. The summed E-state index contributed by atoms with van der Waals surface area (Å²) in [5.41, 5.74) is 1.19. The third-order valence-corrected chi connectivity index (χ3v) is 6.16. The first-order valence-corrected chi connectivity index (χ1v) is 11.7. The average molecular weight is 491 g/mol. The molecule has 2 unspecified atom stereocenters. The quantitative estimate of drug-likeness (QED) is 0.492. The number of amides is 2. The van der Waals surface area contributed by atoms with Gasteiger partial charge in [-0.2, -0.15) is 0 Å². The van der Waals surface area contributed by atoms with Crippen molar-refractivity contribution in [2.45, 2.75) is 25.1 Å². The number of hydrogen-bond acceptors (Lipinski definition) is 6. The molecule has 3 aromatic carbocycles. The lowest BCUT2D eigenvalue weighted by Crippen LogP contribution is -2.45. The number of likely N-dealkylation sites (tertiary alicyclic amines) is 1. The van der Waals surface area contributed by atoms with Crippen molar-refractivity contribution in [3.05, 3.63) is 83.9 Å². The van der Waals surface area contributed by atoms with E-state index in [0.717, 1.165) is 5.56 Å². The predicted molar refractivity (Wildman–Crippen MR) is 135 cm³/mol. The topological polar surface area (TPSA) is 86.3 Å². The Labute approximate surface area is 210 Å². The summed E-state index contributed by atoms with van der Waals surface area (Å²) >= 11 is 0. The van der Waals surface area contributed by atoms with Crippen LogP contribution < -0.4 is 24.3 Å². The van der Waals surface area contributed by atoms with E-state index in [1.807, 2.05) is 36.4 Å². The summed E-state index contributed by atoms with van der Waals surface area (Å²) in [7, 11) is 4.66. The van der Waals surface area contributed by atoms with Crippen LogP contribution in [0.1, 0.15) is 22.3 Å². The van der Waals surface area contributed by atoms with Gasteiger partial charge in [0.1, 0.15) is 35.1 Å². The maximum Gasteiger partial charge on any atom is 0.258 e. The highest BCUT2D eigenvalue weighted by Gasteiger charge is 2.41. The van der Waals surface area contributed by atoms with Crippen molar-refractivity contribution in [2.75, 3.05) is 27.9 Å². The largest absolute Gasteiger partial charge is 0.497 e. The minimum atomic E-state index is -0.708. The number of benzene rings is 3. The van der Waals surface area contributed by atoms with Gasteiger partial charge < -0.3 is 29.2 Å². The number of para-hydroxylation sites is 2. The SMILES string of the molecule is COc1ccc(CNC(=O)C2CC(Oc3ccccc3)CN2C(=O)c2ccccc2OC)c(OC)c1. The first-order chi connectivity index (χ1) is 17.5. The number of nitrogens with zero attached hydrogens (tertiary/aromatic N) is 1. The molecular formula is C28H30N2O6. The van der Waals surface area contributed by atoms with Gasteiger partial charge in [-0.15, -0.1) is 0 Å². The van der Waals surface area contributed by atoms with E-state index in [1.54, 1.807) is 55.5 Å². The maximum absolute atomic E-state index is 13.6. The molecule has 188 valence electrons. The monoisotopic (exact) mass is 490 g/mol. The van der Waals surface area contributed by atoms with Gasteiger partial charge in [-0.25, -0.2) is 0 Å². The Morgan fingerprint density at radius 3 is 2.31 bits per heavy atom. The van der Waals surface area contributed by atoms with Gasteiger partial charge in [-0.1, -0.05) is 30.3 Å². The van der Waals surface area contributed by atoms with Crippen molar-refractivity contribution >= 4 is 11.8 Å². The van der Waals surface area contributed by atoms with Crippen LogP contribution in [0.25, 0.3) is 0 Å². The standard InChI is InChI=1S/C28H30N2O6/c1-33-21-14-13-19(26(16-21)35-3)17-29-27(31)24-15-22(36-20-9-5-4-6-10-20)18-30(24)28(32)23-11-7-8-12-25(23)34-2/h4-14,16,22,24H,15,17-18H2,1-3H3,(H,29,31). The van der Waals surface area contributed by atoms with Crippen LogP contribution in [-0.4, -0.2) is 56.7 Å². The summed E-state index contributed by atoms with van der Waals surface area (Å²) in [4.78, 5) is 28.5. The van der Waals surface area contributed by atoms with E-state index in [9.17, 15) is 9.59 Å². The summed E-state index contributed by atoms with van der Waals surface area (Å²) < 4.78 is 22.2. The van der Waals surface area contributed by atoms with E-state index in [1.165, 1.54) is 7.11 Å². The molecule has 1 N–H and O–H groups in total. The van der Waals surface area contributed by atoms with E-state index in [-0.39, 0.29) is 31.0 Å². The van der Waals surface area contributed by atoms with Crippen molar-refractivity contribution in [3.8, 4) is 23.0 Å². The Morgan fingerprint density at radius 2 is 1.58 bits per heavy atom. The molecule has 0 aliphatic carbocycles. The Hall–Kier alpha value is -4.20. The number of methoxy groups -OCH3 is 3. The average Bonchev–Trinajstić information content (AvgIpc) is 3.35. The Balaban J connectivity index is 1.54. The fraction of sp³-hybridized carbons (Fsp3) is 0.286. The van der Waals surface area contributed by atoms with Crippen molar-refractivity contribution in [1.29, 1.82) is 0 Å². The lowest BCUT2D eigenvalue weighted by molar-refractivity contribution is -0.125. The van der Waals surface area contributed by atoms with Gasteiger partial charge >= 0.3 is 0 Å². The van der Waals surface area contributed by atoms with Gasteiger partial charge in [0, 0.05) is 24.6 Å². The molecule has 2 amide bonds. The van der Waals surface area contributed by atoms with Crippen molar-refractivity contribution in [2.24, 2.45) is 0 Å². The smallest absolute Gasteiger partial charge is 0.258 e. The van der Waals surface area contributed by atoms with E-state index in [0.29, 0.717) is 35.0 Å². The van der Waals surface area contributed by atoms with Crippen LogP contribution >= 0.6 is 0 Å². The van der Waals surface area contributed by atoms with Crippen LogP contribution in [0.3, 0.4) is 0 Å². The van der Waals surface area contributed by atoms with Gasteiger partial charge in [-0.3, -0.25) is 9.59 Å². The second-order valence-corrected chi connectivity index (χ2v) is 8.36. The van der Waals surface area contributed by atoms with Gasteiger partial charge in [-0.05, 0) is 36.4 Å². The number of hydrogen-bond donors (Lipinski definition) is 1. The summed E-state index contributed by atoms with van der Waals surface area (Å²) in [6.07, 6.45) is 0.0267. The number of carbonyl (C=O) groups is 2. The Morgan fingerprint density at radius 1 is 0.861 bits per heavy atom. The molecule has 8 heteroatoms. The predicted octanol–water partition coefficient (Wildman–Crippen LogP) is 3.69. The highest BCUT2D eigenvalue weighted by atomic mass is 16.5. The van der Waals surface area contributed by atoms with E-state index in [4.69, 9.17) is 18.9 Å². The highest BCUT2D eigenvalue weighted by molar-refractivity contribution is 6.00. The lowest BCUT2D eigenvalue weighted by Gasteiger charge is -2.24. The number of ether oxygens (including phenoxy) is 4. The van der Waals surface area contributed by atoms with Crippen molar-refractivity contribution in [3.63, 3.8) is 0 Å². The molecule has 0 bridgehead atoms. The van der Waals surface area contributed by atoms with Crippen molar-refractivity contribution in [1.82, 2.24) is 10.2 Å². The summed E-state index contributed by atoms with van der Waals surface area (Å²) in [6, 6.07) is 21.1. The minimum Gasteiger partial charge on any atom is -0.497 e. The third kappa shape index (κ3) is 5.54. The zero-order chi connectivity index (χ0) is 25.5. The molecule has 0 spiro atoms. The van der Waals surface area contributed by atoms with E-state index >= 15 is 0 Å². The fourth-order valence-corrected chi connectivity index (χ4v) is 4.32. The lowest BCUT2D eigenvalue weighted by atomic mass is 10.1. The van der Waals surface area contributed by atoms with Crippen LogP contribution in [0.2, 0.25) is 0 Å². The van der Waals surface area contributed by atoms with E-state index in [2.05, 4.69) is 5.32 Å². The minimum absolute atomic E-state index is 0.239. The molecular weight excluding hydrogens is 460 g/mol. The summed E-state index contributed by atoms with van der Waals surface area (Å²) in [5, 5.41) is 2.96. The Kier molecular flexibility index (Phi) is 7.95. The van der Waals surface area contributed by atoms with Crippen LogP contribution in [0.5, 0.6) is 23.0 Å². The van der Waals surface area contributed by atoms with Gasteiger partial charge in [0.25, 0.3) is 5.91 Å². The van der Waals surface area contributed by atoms with Crippen LogP contribution in [0.4, 0.5) is 0 Å². The Bertz CT molecular complexity index is 1200. The summed E-state index contributed by atoms with van der Waals surface area (Å²) in [5.74, 6) is 1.86. The zero-order valence-corrected chi connectivity index (χ0v) is 20.6. The number of carbonyl (C=O) groups excluding carboxylic acids is 2. The normalized spacial score (nSPS) is 16.8. The van der Waals surface area contributed by atoms with E-state index < -0.39 is 6.04 Å². The molecule has 1 fully saturated rings. The molecule has 2 atom stereocenters.